The molecule has 1 fully saturated rings. The Bertz CT molecular complexity index is 1200. The number of aromatic nitrogens is 2. The number of rotatable bonds is 8. The van der Waals surface area contributed by atoms with Gasteiger partial charge >= 0.3 is 0 Å². The topological polar surface area (TPSA) is 87.5 Å². The second kappa shape index (κ2) is 9.30. The molecule has 2 heterocycles. The van der Waals surface area contributed by atoms with Gasteiger partial charge in [-0.3, -0.25) is 14.4 Å². The molecular weight excluding hydrogens is 426 g/mol. The first-order chi connectivity index (χ1) is 15.4. The Morgan fingerprint density at radius 2 is 1.81 bits per heavy atom. The van der Waals surface area contributed by atoms with E-state index in [2.05, 4.69) is 29.0 Å². The largest absolute Gasteiger partial charge is 0.309 e. The predicted octanol–water partition coefficient (Wildman–Crippen LogP) is 3.17. The van der Waals surface area contributed by atoms with Crippen LogP contribution in [0.4, 0.5) is 11.6 Å². The van der Waals surface area contributed by atoms with Crippen LogP contribution in [0.25, 0.3) is 11.0 Å². The number of carbonyl (C=O) groups excluding carboxylic acids is 1. The van der Waals surface area contributed by atoms with E-state index in [9.17, 15) is 13.2 Å². The number of benzene rings is 2. The minimum atomic E-state index is -3.24. The third kappa shape index (κ3) is 4.49. The fraction of sp³-hybridized carbons (Fsp3) is 0.391. The van der Waals surface area contributed by atoms with Gasteiger partial charge in [0.15, 0.2) is 0 Å². The molecule has 2 aromatic carbocycles. The van der Waals surface area contributed by atoms with Crippen LogP contribution < -0.4 is 9.62 Å². The van der Waals surface area contributed by atoms with Gasteiger partial charge in [0.1, 0.15) is 0 Å². The van der Waals surface area contributed by atoms with E-state index < -0.39 is 10.0 Å². The number of sulfonamides is 1. The number of imidazole rings is 1. The van der Waals surface area contributed by atoms with E-state index in [0.29, 0.717) is 36.7 Å². The number of likely N-dealkylation sites (N-methyl/N-ethyl adjacent to an activating group) is 1. The number of anilines is 2. The smallest absolute Gasteiger partial charge is 0.257 e. The summed E-state index contributed by atoms with van der Waals surface area (Å²) in [6, 6.07) is 14.5. The lowest BCUT2D eigenvalue weighted by atomic mass is 10.2. The molecular formula is C23H29N5O3S. The number of nitrogens with one attached hydrogen (secondary N) is 1. The molecule has 0 unspecified atom stereocenters. The summed E-state index contributed by atoms with van der Waals surface area (Å²) in [5.74, 6) is 0.397. The zero-order valence-electron chi connectivity index (χ0n) is 18.5. The number of hydrogen-bond acceptors (Lipinski definition) is 5. The van der Waals surface area contributed by atoms with Crippen molar-refractivity contribution in [3.8, 4) is 0 Å². The molecule has 32 heavy (non-hydrogen) atoms. The second-order valence-corrected chi connectivity index (χ2v) is 9.86. The molecule has 0 aliphatic carbocycles. The fourth-order valence-electron chi connectivity index (χ4n) is 4.06. The summed E-state index contributed by atoms with van der Waals surface area (Å²) in [6.45, 7) is 8.24. The first-order valence-corrected chi connectivity index (χ1v) is 12.6. The minimum Gasteiger partial charge on any atom is -0.309 e. The average molecular weight is 456 g/mol. The SMILES string of the molecule is CCN(CC)CCn1c(NC(=O)c2ccc(N3CCCS3(=O)=O)cc2)nc2ccccc21. The third-order valence-corrected chi connectivity index (χ3v) is 7.80. The normalized spacial score (nSPS) is 15.5. The molecule has 1 aliphatic rings. The lowest BCUT2D eigenvalue weighted by Gasteiger charge is -2.19. The summed E-state index contributed by atoms with van der Waals surface area (Å²) in [4.78, 5) is 19.9. The van der Waals surface area contributed by atoms with Gasteiger partial charge in [-0.15, -0.1) is 0 Å². The van der Waals surface area contributed by atoms with E-state index in [1.807, 2.05) is 28.8 Å². The van der Waals surface area contributed by atoms with E-state index in [4.69, 9.17) is 0 Å². The number of para-hydroxylation sites is 2. The lowest BCUT2D eigenvalue weighted by molar-refractivity contribution is 0.102. The molecule has 8 nitrogen and oxygen atoms in total. The Labute approximate surface area is 188 Å². The molecule has 4 rings (SSSR count). The van der Waals surface area contributed by atoms with Crippen molar-refractivity contribution in [1.82, 2.24) is 14.5 Å². The van der Waals surface area contributed by atoms with Crippen molar-refractivity contribution in [3.05, 3.63) is 54.1 Å². The number of amides is 1. The number of hydrogen-bond donors (Lipinski definition) is 1. The van der Waals surface area contributed by atoms with Crippen LogP contribution in [0.1, 0.15) is 30.6 Å². The quantitative estimate of drug-likeness (QED) is 0.564. The van der Waals surface area contributed by atoms with Crippen LogP contribution in [0.3, 0.4) is 0 Å². The second-order valence-electron chi connectivity index (χ2n) is 7.85. The van der Waals surface area contributed by atoms with Crippen molar-refractivity contribution in [2.75, 3.05) is 41.6 Å². The Hall–Kier alpha value is -2.91. The van der Waals surface area contributed by atoms with Crippen molar-refractivity contribution >= 4 is 38.6 Å². The van der Waals surface area contributed by atoms with Crippen LogP contribution in [0.2, 0.25) is 0 Å². The molecule has 0 spiro atoms. The van der Waals surface area contributed by atoms with Crippen LogP contribution in [0.5, 0.6) is 0 Å². The molecule has 3 aromatic rings. The predicted molar refractivity (Wildman–Crippen MR) is 128 cm³/mol. The van der Waals surface area contributed by atoms with Gasteiger partial charge in [0, 0.05) is 25.2 Å². The maximum absolute atomic E-state index is 12.9. The number of nitrogens with zero attached hydrogens (tertiary/aromatic N) is 4. The molecule has 0 radical (unpaired) electrons. The third-order valence-electron chi connectivity index (χ3n) is 5.93. The van der Waals surface area contributed by atoms with E-state index >= 15 is 0 Å². The highest BCUT2D eigenvalue weighted by atomic mass is 32.2. The zero-order valence-corrected chi connectivity index (χ0v) is 19.3. The van der Waals surface area contributed by atoms with Gasteiger partial charge in [0.25, 0.3) is 5.91 Å². The molecule has 9 heteroatoms. The van der Waals surface area contributed by atoms with E-state index in [1.165, 1.54) is 4.31 Å². The maximum Gasteiger partial charge on any atom is 0.257 e. The highest BCUT2D eigenvalue weighted by molar-refractivity contribution is 7.93. The lowest BCUT2D eigenvalue weighted by Crippen LogP contribution is -2.27. The summed E-state index contributed by atoms with van der Waals surface area (Å²) in [5.41, 5.74) is 2.85. The summed E-state index contributed by atoms with van der Waals surface area (Å²) < 4.78 is 27.7. The number of carbonyl (C=O) groups is 1. The van der Waals surface area contributed by atoms with Crippen LogP contribution in [0.15, 0.2) is 48.5 Å². The Balaban J connectivity index is 1.55. The van der Waals surface area contributed by atoms with Gasteiger partial charge in [-0.25, -0.2) is 13.4 Å². The van der Waals surface area contributed by atoms with Crippen LogP contribution in [-0.2, 0) is 16.6 Å². The molecule has 0 bridgehead atoms. The van der Waals surface area contributed by atoms with Gasteiger partial charge in [-0.05, 0) is 55.9 Å². The van der Waals surface area contributed by atoms with Crippen LogP contribution >= 0.6 is 0 Å². The molecule has 1 amide bonds. The van der Waals surface area contributed by atoms with Gasteiger partial charge < -0.3 is 9.47 Å². The summed E-state index contributed by atoms with van der Waals surface area (Å²) in [5, 5.41) is 2.94. The van der Waals surface area contributed by atoms with Crippen molar-refractivity contribution in [3.63, 3.8) is 0 Å². The molecule has 1 saturated heterocycles. The standard InChI is InChI=1S/C23H29N5O3S/c1-3-26(4-2)15-16-27-21-9-6-5-8-20(21)24-23(27)25-22(29)18-10-12-19(13-11-18)28-14-7-17-32(28,30)31/h5-6,8-13H,3-4,7,14-17H2,1-2H3,(H,24,25,29). The first-order valence-electron chi connectivity index (χ1n) is 11.0. The van der Waals surface area contributed by atoms with Crippen LogP contribution in [-0.4, -0.2) is 60.7 Å². The van der Waals surface area contributed by atoms with Crippen molar-refractivity contribution in [1.29, 1.82) is 0 Å². The van der Waals surface area contributed by atoms with Gasteiger partial charge in [-0.2, -0.15) is 0 Å². The van der Waals surface area contributed by atoms with E-state index in [-0.39, 0.29) is 11.7 Å². The van der Waals surface area contributed by atoms with Gasteiger partial charge in [-0.1, -0.05) is 26.0 Å². The molecule has 170 valence electrons. The van der Waals surface area contributed by atoms with Crippen molar-refractivity contribution in [2.24, 2.45) is 0 Å². The van der Waals surface area contributed by atoms with E-state index in [0.717, 1.165) is 30.7 Å². The number of fused-ring (bicyclic) bond motifs is 1. The fourth-order valence-corrected chi connectivity index (χ4v) is 5.63. The van der Waals surface area contributed by atoms with Crippen molar-refractivity contribution in [2.45, 2.75) is 26.8 Å². The monoisotopic (exact) mass is 455 g/mol. The molecule has 1 N–H and O–H groups in total. The summed E-state index contributed by atoms with van der Waals surface area (Å²) in [7, 11) is -3.24. The Morgan fingerprint density at radius 1 is 1.09 bits per heavy atom. The molecule has 1 aromatic heterocycles. The first kappa shape index (κ1) is 22.3. The zero-order chi connectivity index (χ0) is 22.7. The molecule has 0 atom stereocenters. The van der Waals surface area contributed by atoms with Crippen molar-refractivity contribution < 1.29 is 13.2 Å². The highest BCUT2D eigenvalue weighted by Gasteiger charge is 2.28. The molecule has 1 aliphatic heterocycles. The summed E-state index contributed by atoms with van der Waals surface area (Å²) in [6.07, 6.45) is 0.619. The van der Waals surface area contributed by atoms with E-state index in [1.54, 1.807) is 24.3 Å². The van der Waals surface area contributed by atoms with Gasteiger partial charge in [0.05, 0.1) is 22.5 Å². The Morgan fingerprint density at radius 3 is 2.47 bits per heavy atom. The Kier molecular flexibility index (Phi) is 6.48. The minimum absolute atomic E-state index is 0.166. The summed E-state index contributed by atoms with van der Waals surface area (Å²) >= 11 is 0. The maximum atomic E-state index is 12.9. The van der Waals surface area contributed by atoms with Crippen LogP contribution in [0, 0.1) is 0 Å². The van der Waals surface area contributed by atoms with Gasteiger partial charge in [0.2, 0.25) is 16.0 Å². The highest BCUT2D eigenvalue weighted by Crippen LogP contribution is 2.25. The average Bonchev–Trinajstić information content (AvgIpc) is 3.33. The molecule has 0 saturated carbocycles.